The smallest absolute Gasteiger partial charge is 0.268 e. The summed E-state index contributed by atoms with van der Waals surface area (Å²) < 4.78 is 0. The molecule has 2 amide bonds. The van der Waals surface area contributed by atoms with Gasteiger partial charge < -0.3 is 0 Å². The molecule has 5 heteroatoms. The van der Waals surface area contributed by atoms with E-state index in [1.54, 1.807) is 30.3 Å². The average molecular weight is 334 g/mol. The van der Waals surface area contributed by atoms with Crippen LogP contribution in [0.5, 0.6) is 0 Å². The Kier molecular flexibility index (Phi) is 4.50. The number of nitriles is 1. The molecule has 0 radical (unpaired) electrons. The topological polar surface area (TPSA) is 61.2 Å². The second kappa shape index (κ2) is 6.73. The Morgan fingerprint density at radius 1 is 1.12 bits per heavy atom. The van der Waals surface area contributed by atoms with Crippen molar-refractivity contribution >= 4 is 29.0 Å². The molecule has 0 saturated carbocycles. The lowest BCUT2D eigenvalue weighted by atomic mass is 10.1. The van der Waals surface area contributed by atoms with Gasteiger partial charge in [-0.1, -0.05) is 36.4 Å². The number of hydrogen-bond donors (Lipinski definition) is 0. The molecule has 0 unspecified atom stereocenters. The molecule has 1 saturated heterocycles. The Labute approximate surface area is 144 Å². The summed E-state index contributed by atoms with van der Waals surface area (Å²) in [5, 5.41) is 8.55. The lowest BCUT2D eigenvalue weighted by Gasteiger charge is -2.14. The van der Waals surface area contributed by atoms with Crippen LogP contribution in [0.2, 0.25) is 0 Å². The molecular formula is C19H14N2O2S. The Morgan fingerprint density at radius 3 is 2.50 bits per heavy atom. The molecule has 1 heterocycles. The van der Waals surface area contributed by atoms with E-state index in [1.165, 1.54) is 4.90 Å². The van der Waals surface area contributed by atoms with Crippen molar-refractivity contribution in [2.24, 2.45) is 0 Å². The molecule has 0 atom stereocenters. The molecule has 3 rings (SSSR count). The van der Waals surface area contributed by atoms with Crippen LogP contribution in [0, 0.1) is 18.3 Å². The summed E-state index contributed by atoms with van der Waals surface area (Å²) in [7, 11) is 0. The molecule has 0 aromatic heterocycles. The largest absolute Gasteiger partial charge is 0.293 e. The van der Waals surface area contributed by atoms with Gasteiger partial charge in [0.1, 0.15) is 0 Å². The van der Waals surface area contributed by atoms with E-state index in [9.17, 15) is 9.59 Å². The number of carbonyl (C=O) groups excluding carboxylic acids is 2. The summed E-state index contributed by atoms with van der Waals surface area (Å²) in [6.07, 6.45) is 1.68. The summed E-state index contributed by atoms with van der Waals surface area (Å²) in [4.78, 5) is 26.4. The summed E-state index contributed by atoms with van der Waals surface area (Å²) in [5.74, 6) is -0.280. The molecule has 24 heavy (non-hydrogen) atoms. The molecule has 0 bridgehead atoms. The van der Waals surface area contributed by atoms with Crippen molar-refractivity contribution < 1.29 is 9.59 Å². The maximum absolute atomic E-state index is 12.5. The highest BCUT2D eigenvalue weighted by Crippen LogP contribution is 2.33. The second-order valence-corrected chi connectivity index (χ2v) is 6.42. The zero-order valence-electron chi connectivity index (χ0n) is 13.0. The zero-order chi connectivity index (χ0) is 17.1. The van der Waals surface area contributed by atoms with Crippen molar-refractivity contribution in [2.75, 3.05) is 0 Å². The normalized spacial score (nSPS) is 15.8. The summed E-state index contributed by atoms with van der Waals surface area (Å²) in [6.45, 7) is 2.24. The molecule has 1 aliphatic rings. The summed E-state index contributed by atoms with van der Waals surface area (Å²) in [5.41, 5.74) is 3.35. The van der Waals surface area contributed by atoms with Gasteiger partial charge >= 0.3 is 0 Å². The maximum atomic E-state index is 12.5. The first-order chi connectivity index (χ1) is 11.6. The molecule has 118 valence electrons. The van der Waals surface area contributed by atoms with Crippen LogP contribution in [-0.2, 0) is 11.3 Å². The monoisotopic (exact) mass is 334 g/mol. The molecule has 0 aliphatic carbocycles. The van der Waals surface area contributed by atoms with E-state index in [2.05, 4.69) is 0 Å². The van der Waals surface area contributed by atoms with E-state index in [0.29, 0.717) is 10.5 Å². The van der Waals surface area contributed by atoms with E-state index in [-0.39, 0.29) is 17.7 Å². The fraction of sp³-hybridized carbons (Fsp3) is 0.105. The van der Waals surface area contributed by atoms with Gasteiger partial charge in [-0.15, -0.1) is 0 Å². The van der Waals surface area contributed by atoms with Crippen LogP contribution >= 0.6 is 11.8 Å². The third kappa shape index (κ3) is 3.24. The van der Waals surface area contributed by atoms with E-state index in [1.807, 2.05) is 37.3 Å². The Morgan fingerprint density at radius 2 is 1.83 bits per heavy atom. The second-order valence-electron chi connectivity index (χ2n) is 5.43. The van der Waals surface area contributed by atoms with E-state index >= 15 is 0 Å². The van der Waals surface area contributed by atoms with Crippen LogP contribution in [0.15, 0.2) is 53.4 Å². The van der Waals surface area contributed by atoms with Crippen molar-refractivity contribution in [1.82, 2.24) is 4.90 Å². The number of hydrogen-bond acceptors (Lipinski definition) is 4. The molecule has 4 nitrogen and oxygen atoms in total. The number of thioether (sulfide) groups is 1. The van der Waals surface area contributed by atoms with Crippen LogP contribution < -0.4 is 0 Å². The number of benzene rings is 2. The Bertz CT molecular complexity index is 879. The third-order valence-corrected chi connectivity index (χ3v) is 4.71. The van der Waals surface area contributed by atoms with Crippen LogP contribution in [0.25, 0.3) is 6.08 Å². The van der Waals surface area contributed by atoms with Gasteiger partial charge in [-0.25, -0.2) is 0 Å². The van der Waals surface area contributed by atoms with Crippen molar-refractivity contribution in [2.45, 2.75) is 13.5 Å². The van der Waals surface area contributed by atoms with Gasteiger partial charge in [0.05, 0.1) is 23.1 Å². The predicted molar refractivity (Wildman–Crippen MR) is 93.9 cm³/mol. The number of amides is 2. The highest BCUT2D eigenvalue weighted by atomic mass is 32.2. The van der Waals surface area contributed by atoms with Gasteiger partial charge in [-0.2, -0.15) is 5.26 Å². The van der Waals surface area contributed by atoms with Crippen molar-refractivity contribution in [3.05, 3.63) is 75.7 Å². The molecular weight excluding hydrogens is 320 g/mol. The minimum Gasteiger partial charge on any atom is -0.268 e. The lowest BCUT2D eigenvalue weighted by Crippen LogP contribution is -2.27. The highest BCUT2D eigenvalue weighted by molar-refractivity contribution is 8.18. The Hall–Kier alpha value is -2.84. The van der Waals surface area contributed by atoms with Gasteiger partial charge in [0.15, 0.2) is 0 Å². The summed E-state index contributed by atoms with van der Waals surface area (Å²) >= 11 is 0.945. The zero-order valence-corrected chi connectivity index (χ0v) is 13.8. The van der Waals surface area contributed by atoms with Gasteiger partial charge in [0.25, 0.3) is 11.1 Å². The predicted octanol–water partition coefficient (Wildman–Crippen LogP) is 4.10. The molecule has 0 N–H and O–H groups in total. The van der Waals surface area contributed by atoms with Crippen molar-refractivity contribution in [1.29, 1.82) is 5.26 Å². The van der Waals surface area contributed by atoms with Crippen LogP contribution in [0.1, 0.15) is 22.3 Å². The molecule has 2 aromatic carbocycles. The minimum atomic E-state index is -0.280. The number of imide groups is 1. The molecule has 2 aromatic rings. The number of nitrogens with zero attached hydrogens (tertiary/aromatic N) is 2. The van der Waals surface area contributed by atoms with Crippen LogP contribution in [0.3, 0.4) is 0 Å². The Balaban J connectivity index is 1.82. The average Bonchev–Trinajstić information content (AvgIpc) is 2.85. The molecule has 0 spiro atoms. The first kappa shape index (κ1) is 16.0. The van der Waals surface area contributed by atoms with Crippen molar-refractivity contribution in [3.8, 4) is 6.07 Å². The molecule has 1 fully saturated rings. The SMILES string of the molecule is Cc1ccccc1CN1C(=O)S/C(=C\c2ccc(C#N)cc2)C1=O. The molecule has 1 aliphatic heterocycles. The van der Waals surface area contributed by atoms with Gasteiger partial charge in [-0.05, 0) is 53.6 Å². The highest BCUT2D eigenvalue weighted by Gasteiger charge is 2.35. The van der Waals surface area contributed by atoms with Gasteiger partial charge in [0, 0.05) is 0 Å². The number of carbonyl (C=O) groups is 2. The van der Waals surface area contributed by atoms with Gasteiger partial charge in [-0.3, -0.25) is 14.5 Å². The fourth-order valence-electron chi connectivity index (χ4n) is 2.40. The first-order valence-electron chi connectivity index (χ1n) is 7.38. The number of aryl methyl sites for hydroxylation is 1. The van der Waals surface area contributed by atoms with E-state index < -0.39 is 0 Å². The lowest BCUT2D eigenvalue weighted by molar-refractivity contribution is -0.123. The van der Waals surface area contributed by atoms with Gasteiger partial charge in [0.2, 0.25) is 0 Å². The van der Waals surface area contributed by atoms with E-state index in [0.717, 1.165) is 28.5 Å². The van der Waals surface area contributed by atoms with Crippen molar-refractivity contribution in [3.63, 3.8) is 0 Å². The minimum absolute atomic E-state index is 0.261. The fourth-order valence-corrected chi connectivity index (χ4v) is 3.24. The first-order valence-corrected chi connectivity index (χ1v) is 8.20. The summed E-state index contributed by atoms with van der Waals surface area (Å²) in [6, 6.07) is 16.6. The van der Waals surface area contributed by atoms with Crippen LogP contribution in [-0.4, -0.2) is 16.0 Å². The maximum Gasteiger partial charge on any atom is 0.293 e. The third-order valence-electron chi connectivity index (χ3n) is 3.80. The quantitative estimate of drug-likeness (QED) is 0.793. The van der Waals surface area contributed by atoms with E-state index in [4.69, 9.17) is 5.26 Å². The standard InChI is InChI=1S/C19H14N2O2S/c1-13-4-2-3-5-16(13)12-21-18(22)17(24-19(21)23)10-14-6-8-15(11-20)9-7-14/h2-10H,12H2,1H3/b17-10-. The van der Waals surface area contributed by atoms with Crippen LogP contribution in [0.4, 0.5) is 4.79 Å². The number of rotatable bonds is 3.